The molecule has 0 unspecified atom stereocenters. The standard InChI is InChI=1S/C14H11FN2O3S/c15-12-8-11(3-4-13(12)17(18)19)20-9-14-10(2-1-6-16)5-7-21-14/h3-5,7-8H,6,9,16H2. The van der Waals surface area contributed by atoms with Crippen molar-refractivity contribution in [1.29, 1.82) is 0 Å². The van der Waals surface area contributed by atoms with E-state index in [4.69, 9.17) is 10.5 Å². The SMILES string of the molecule is NCC#Cc1ccsc1COc1ccc([N+](=O)[O-])c(F)c1. The molecule has 0 fully saturated rings. The van der Waals surface area contributed by atoms with E-state index >= 15 is 0 Å². The summed E-state index contributed by atoms with van der Waals surface area (Å²) >= 11 is 1.46. The van der Waals surface area contributed by atoms with Crippen LogP contribution in [-0.2, 0) is 6.61 Å². The molecule has 21 heavy (non-hydrogen) atoms. The average molecular weight is 306 g/mol. The predicted molar refractivity (Wildman–Crippen MR) is 77.6 cm³/mol. The number of halogens is 1. The van der Waals surface area contributed by atoms with E-state index in [0.29, 0.717) is 0 Å². The Morgan fingerprint density at radius 3 is 2.90 bits per heavy atom. The van der Waals surface area contributed by atoms with E-state index in [9.17, 15) is 14.5 Å². The third kappa shape index (κ3) is 3.78. The van der Waals surface area contributed by atoms with E-state index in [1.54, 1.807) is 0 Å². The molecule has 0 spiro atoms. The fraction of sp³-hybridized carbons (Fsp3) is 0.143. The van der Waals surface area contributed by atoms with Crippen molar-refractivity contribution in [2.24, 2.45) is 5.73 Å². The Bertz CT molecular complexity index is 718. The first-order valence-electron chi connectivity index (χ1n) is 5.94. The van der Waals surface area contributed by atoms with Gasteiger partial charge >= 0.3 is 5.69 Å². The number of rotatable bonds is 4. The molecule has 2 rings (SSSR count). The maximum absolute atomic E-state index is 13.5. The molecule has 0 bridgehead atoms. The monoisotopic (exact) mass is 306 g/mol. The zero-order chi connectivity index (χ0) is 15.2. The minimum absolute atomic E-state index is 0.212. The number of thiophene rings is 1. The molecule has 0 aliphatic carbocycles. The van der Waals surface area contributed by atoms with Gasteiger partial charge < -0.3 is 10.5 Å². The van der Waals surface area contributed by atoms with Crippen molar-refractivity contribution in [1.82, 2.24) is 0 Å². The molecular weight excluding hydrogens is 295 g/mol. The van der Waals surface area contributed by atoms with Crippen molar-refractivity contribution in [2.45, 2.75) is 6.61 Å². The van der Waals surface area contributed by atoms with Gasteiger partial charge in [-0.2, -0.15) is 4.39 Å². The molecule has 1 aromatic carbocycles. The number of nitrogens with zero attached hydrogens (tertiary/aromatic N) is 1. The van der Waals surface area contributed by atoms with Crippen molar-refractivity contribution >= 4 is 17.0 Å². The van der Waals surface area contributed by atoms with Gasteiger partial charge in [-0.15, -0.1) is 11.3 Å². The second kappa shape index (κ2) is 6.83. The lowest BCUT2D eigenvalue weighted by Gasteiger charge is -2.05. The first-order valence-corrected chi connectivity index (χ1v) is 6.82. The van der Waals surface area contributed by atoms with Gasteiger partial charge in [0.15, 0.2) is 0 Å². The lowest BCUT2D eigenvalue weighted by atomic mass is 10.2. The highest BCUT2D eigenvalue weighted by atomic mass is 32.1. The van der Waals surface area contributed by atoms with Crippen LogP contribution in [0.2, 0.25) is 0 Å². The van der Waals surface area contributed by atoms with E-state index in [1.807, 2.05) is 11.4 Å². The zero-order valence-corrected chi connectivity index (χ0v) is 11.7. The number of nitrogens with two attached hydrogens (primary N) is 1. The summed E-state index contributed by atoms with van der Waals surface area (Å²) in [7, 11) is 0. The maximum atomic E-state index is 13.5. The fourth-order valence-corrected chi connectivity index (χ4v) is 2.33. The van der Waals surface area contributed by atoms with Gasteiger partial charge in [-0.25, -0.2) is 0 Å². The molecular formula is C14H11FN2O3S. The lowest BCUT2D eigenvalue weighted by molar-refractivity contribution is -0.387. The number of nitro benzene ring substituents is 1. The number of benzene rings is 1. The molecule has 1 aromatic heterocycles. The van der Waals surface area contributed by atoms with Crippen LogP contribution in [0.3, 0.4) is 0 Å². The molecule has 108 valence electrons. The summed E-state index contributed by atoms with van der Waals surface area (Å²) in [6.45, 7) is 0.479. The molecule has 1 heterocycles. The largest absolute Gasteiger partial charge is 0.488 e. The van der Waals surface area contributed by atoms with Gasteiger partial charge in [0.2, 0.25) is 5.82 Å². The van der Waals surface area contributed by atoms with Gasteiger partial charge in [0, 0.05) is 17.7 Å². The molecule has 0 radical (unpaired) electrons. The van der Waals surface area contributed by atoms with Crippen molar-refractivity contribution in [3.05, 3.63) is 56.0 Å². The topological polar surface area (TPSA) is 78.4 Å². The second-order valence-electron chi connectivity index (χ2n) is 3.92. The van der Waals surface area contributed by atoms with Crippen LogP contribution in [0.25, 0.3) is 0 Å². The normalized spacial score (nSPS) is 9.81. The summed E-state index contributed by atoms with van der Waals surface area (Å²) in [5.74, 6) is 4.97. The maximum Gasteiger partial charge on any atom is 0.305 e. The molecule has 0 saturated carbocycles. The highest BCUT2D eigenvalue weighted by molar-refractivity contribution is 7.10. The first kappa shape index (κ1) is 15.0. The minimum atomic E-state index is -0.924. The van der Waals surface area contributed by atoms with Gasteiger partial charge in [-0.05, 0) is 17.5 Å². The molecule has 7 heteroatoms. The summed E-state index contributed by atoms with van der Waals surface area (Å²) in [5.41, 5.74) is 5.55. The number of hydrogen-bond acceptors (Lipinski definition) is 5. The summed E-state index contributed by atoms with van der Waals surface area (Å²) < 4.78 is 18.9. The third-order valence-corrected chi connectivity index (χ3v) is 3.45. The molecule has 0 aliphatic rings. The van der Waals surface area contributed by atoms with Gasteiger partial charge in [0.05, 0.1) is 16.3 Å². The Balaban J connectivity index is 2.08. The van der Waals surface area contributed by atoms with Gasteiger partial charge in [-0.3, -0.25) is 10.1 Å². The highest BCUT2D eigenvalue weighted by Gasteiger charge is 2.14. The van der Waals surface area contributed by atoms with Crippen LogP contribution < -0.4 is 10.5 Å². The molecule has 2 aromatic rings. The Hall–Kier alpha value is -2.43. The lowest BCUT2D eigenvalue weighted by Crippen LogP contribution is -1.98. The third-order valence-electron chi connectivity index (χ3n) is 2.56. The molecule has 0 atom stereocenters. The van der Waals surface area contributed by atoms with E-state index in [0.717, 1.165) is 22.6 Å². The van der Waals surface area contributed by atoms with Crippen LogP contribution in [-0.4, -0.2) is 11.5 Å². The van der Waals surface area contributed by atoms with Gasteiger partial charge in [0.25, 0.3) is 0 Å². The smallest absolute Gasteiger partial charge is 0.305 e. The van der Waals surface area contributed by atoms with Crippen molar-refractivity contribution < 1.29 is 14.1 Å². The summed E-state index contributed by atoms with van der Waals surface area (Å²) in [6.07, 6.45) is 0. The first-order chi connectivity index (χ1) is 10.1. The molecule has 2 N–H and O–H groups in total. The van der Waals surface area contributed by atoms with Crippen LogP contribution in [0.5, 0.6) is 5.75 Å². The van der Waals surface area contributed by atoms with Crippen LogP contribution in [0, 0.1) is 27.8 Å². The van der Waals surface area contributed by atoms with Crippen molar-refractivity contribution in [3.8, 4) is 17.6 Å². The summed E-state index contributed by atoms with van der Waals surface area (Å²) in [6, 6.07) is 5.29. The highest BCUT2D eigenvalue weighted by Crippen LogP contribution is 2.24. The summed E-state index contributed by atoms with van der Waals surface area (Å²) in [4.78, 5) is 10.6. The number of ether oxygens (including phenoxy) is 1. The van der Waals surface area contributed by atoms with Crippen molar-refractivity contribution in [3.63, 3.8) is 0 Å². The Labute approximate surface area is 124 Å². The number of nitro groups is 1. The fourth-order valence-electron chi connectivity index (χ4n) is 1.58. The van der Waals surface area contributed by atoms with Gasteiger partial charge in [-0.1, -0.05) is 11.8 Å². The van der Waals surface area contributed by atoms with Gasteiger partial charge in [0.1, 0.15) is 12.4 Å². The van der Waals surface area contributed by atoms with Crippen LogP contribution in [0.15, 0.2) is 29.6 Å². The van der Waals surface area contributed by atoms with Crippen LogP contribution in [0.4, 0.5) is 10.1 Å². The van der Waals surface area contributed by atoms with E-state index in [2.05, 4.69) is 11.8 Å². The zero-order valence-electron chi connectivity index (χ0n) is 10.8. The molecule has 0 amide bonds. The summed E-state index contributed by atoms with van der Waals surface area (Å²) in [5, 5.41) is 12.4. The van der Waals surface area contributed by atoms with E-state index in [-0.39, 0.29) is 18.9 Å². The Morgan fingerprint density at radius 1 is 1.43 bits per heavy atom. The molecule has 0 saturated heterocycles. The van der Waals surface area contributed by atoms with Crippen LogP contribution >= 0.6 is 11.3 Å². The Morgan fingerprint density at radius 2 is 2.24 bits per heavy atom. The predicted octanol–water partition coefficient (Wildman–Crippen LogP) is 2.68. The van der Waals surface area contributed by atoms with E-state index in [1.165, 1.54) is 17.4 Å². The van der Waals surface area contributed by atoms with Crippen LogP contribution in [0.1, 0.15) is 10.4 Å². The van der Waals surface area contributed by atoms with E-state index < -0.39 is 16.4 Å². The Kier molecular flexibility index (Phi) is 4.87. The minimum Gasteiger partial charge on any atom is -0.488 e. The molecule has 0 aliphatic heterocycles. The quantitative estimate of drug-likeness (QED) is 0.535. The molecule has 5 nitrogen and oxygen atoms in total. The second-order valence-corrected chi connectivity index (χ2v) is 4.92. The van der Waals surface area contributed by atoms with Crippen molar-refractivity contribution in [2.75, 3.05) is 6.54 Å². The number of hydrogen-bond donors (Lipinski definition) is 1. The average Bonchev–Trinajstić information content (AvgIpc) is 2.90.